The number of aliphatic carboxylic acids is 1. The lowest BCUT2D eigenvalue weighted by molar-refractivity contribution is -0.192. The first-order valence-electron chi connectivity index (χ1n) is 10.9. The van der Waals surface area contributed by atoms with Crippen LogP contribution in [-0.4, -0.2) is 79.4 Å². The summed E-state index contributed by atoms with van der Waals surface area (Å²) in [7, 11) is 2.22. The molecule has 4 rings (SSSR count). The van der Waals surface area contributed by atoms with Crippen LogP contribution in [0.5, 0.6) is 0 Å². The Labute approximate surface area is 175 Å². The number of carboxylic acids is 1. The van der Waals surface area contributed by atoms with Gasteiger partial charge in [-0.2, -0.15) is 13.2 Å². The second kappa shape index (κ2) is 9.02. The van der Waals surface area contributed by atoms with Gasteiger partial charge in [-0.15, -0.1) is 0 Å². The van der Waals surface area contributed by atoms with Gasteiger partial charge in [-0.05, 0) is 51.0 Å². The van der Waals surface area contributed by atoms with E-state index in [2.05, 4.69) is 23.8 Å². The summed E-state index contributed by atoms with van der Waals surface area (Å²) in [5.41, 5.74) is 0.295. The van der Waals surface area contributed by atoms with Gasteiger partial charge in [0, 0.05) is 50.0 Å². The Morgan fingerprint density at radius 2 is 1.80 bits per heavy atom. The normalized spacial score (nSPS) is 33.9. The van der Waals surface area contributed by atoms with Gasteiger partial charge in [-0.25, -0.2) is 4.79 Å². The molecule has 2 aliphatic carbocycles. The maximum absolute atomic E-state index is 12.7. The molecule has 30 heavy (non-hydrogen) atoms. The minimum absolute atomic E-state index is 0.295. The summed E-state index contributed by atoms with van der Waals surface area (Å²) in [6, 6.07) is 0. The van der Waals surface area contributed by atoms with Gasteiger partial charge in [0.1, 0.15) is 0 Å². The summed E-state index contributed by atoms with van der Waals surface area (Å²) in [5, 5.41) is 7.12. The molecule has 1 spiro atoms. The molecule has 0 aromatic rings. The molecule has 0 aromatic heterocycles. The standard InChI is InChI=1S/C19H32N2O2.C2HF3O2/c1-14-7-16(8-14)18(22)21-6-5-19(13-21)12-20(2)9-17(19)11-23-10-15-3-4-15;3-2(4,5)1(6)7/h14-17H,3-13H2,1-2H3;(H,6,7)/t14?,16?,17-,19+;/m0./s1. The van der Waals surface area contributed by atoms with Crippen LogP contribution in [0.2, 0.25) is 0 Å². The fourth-order valence-corrected chi connectivity index (χ4v) is 5.10. The van der Waals surface area contributed by atoms with Crippen LogP contribution in [0, 0.1) is 29.1 Å². The number of carboxylic acid groups (broad SMARTS) is 1. The Kier molecular flexibility index (Phi) is 7.01. The van der Waals surface area contributed by atoms with Gasteiger partial charge in [0.2, 0.25) is 5.91 Å². The van der Waals surface area contributed by atoms with Crippen molar-refractivity contribution in [2.45, 2.75) is 45.2 Å². The SMILES string of the molecule is CC1CC(C(=O)N2CC[C@@]3(CN(C)C[C@H]3COCC3CC3)C2)C1.O=C(O)C(F)(F)F. The molecule has 2 heterocycles. The van der Waals surface area contributed by atoms with E-state index in [1.54, 1.807) is 0 Å². The molecular weight excluding hydrogens is 401 g/mol. The van der Waals surface area contributed by atoms with Crippen LogP contribution >= 0.6 is 0 Å². The molecular formula is C21H33F3N2O4. The van der Waals surface area contributed by atoms with Crippen molar-refractivity contribution in [3.05, 3.63) is 0 Å². The van der Waals surface area contributed by atoms with E-state index in [0.29, 0.717) is 23.2 Å². The fourth-order valence-electron chi connectivity index (χ4n) is 5.10. The largest absolute Gasteiger partial charge is 0.490 e. The lowest BCUT2D eigenvalue weighted by Gasteiger charge is -2.36. The molecule has 4 aliphatic rings. The zero-order valence-electron chi connectivity index (χ0n) is 17.8. The van der Waals surface area contributed by atoms with Crippen LogP contribution in [0.1, 0.15) is 39.0 Å². The third-order valence-corrected chi connectivity index (χ3v) is 7.01. The molecule has 2 saturated carbocycles. The topological polar surface area (TPSA) is 70.1 Å². The van der Waals surface area contributed by atoms with E-state index in [1.807, 2.05) is 0 Å². The predicted molar refractivity (Wildman–Crippen MR) is 104 cm³/mol. The summed E-state index contributed by atoms with van der Waals surface area (Å²) >= 11 is 0. The number of halogens is 3. The Morgan fingerprint density at radius 1 is 1.17 bits per heavy atom. The van der Waals surface area contributed by atoms with E-state index in [4.69, 9.17) is 14.6 Å². The van der Waals surface area contributed by atoms with Crippen LogP contribution in [0.15, 0.2) is 0 Å². The van der Waals surface area contributed by atoms with E-state index >= 15 is 0 Å². The third-order valence-electron chi connectivity index (χ3n) is 7.01. The van der Waals surface area contributed by atoms with Crippen LogP contribution in [0.4, 0.5) is 13.2 Å². The highest BCUT2D eigenvalue weighted by molar-refractivity contribution is 5.80. The zero-order valence-corrected chi connectivity index (χ0v) is 17.8. The first-order valence-corrected chi connectivity index (χ1v) is 10.9. The molecule has 1 amide bonds. The van der Waals surface area contributed by atoms with Crippen molar-refractivity contribution in [2.75, 3.05) is 46.4 Å². The number of hydrogen-bond acceptors (Lipinski definition) is 4. The second-order valence-corrected chi connectivity index (χ2v) is 9.82. The number of nitrogens with zero attached hydrogens (tertiary/aromatic N) is 2. The summed E-state index contributed by atoms with van der Waals surface area (Å²) in [5.74, 6) is 0.196. The van der Waals surface area contributed by atoms with Gasteiger partial charge in [-0.3, -0.25) is 4.79 Å². The molecule has 0 aromatic carbocycles. The number of amides is 1. The quantitative estimate of drug-likeness (QED) is 0.721. The van der Waals surface area contributed by atoms with Gasteiger partial charge in [0.25, 0.3) is 0 Å². The molecule has 2 saturated heterocycles. The maximum Gasteiger partial charge on any atom is 0.490 e. The van der Waals surface area contributed by atoms with Crippen molar-refractivity contribution >= 4 is 11.9 Å². The van der Waals surface area contributed by atoms with E-state index in [0.717, 1.165) is 64.1 Å². The summed E-state index contributed by atoms with van der Waals surface area (Å²) in [6.45, 7) is 8.31. The number of hydrogen-bond donors (Lipinski definition) is 1. The van der Waals surface area contributed by atoms with E-state index in [1.165, 1.54) is 19.3 Å². The van der Waals surface area contributed by atoms with Crippen molar-refractivity contribution in [1.29, 1.82) is 0 Å². The third kappa shape index (κ3) is 5.66. The monoisotopic (exact) mass is 434 g/mol. The molecule has 2 aliphatic heterocycles. The smallest absolute Gasteiger partial charge is 0.475 e. The van der Waals surface area contributed by atoms with E-state index in [-0.39, 0.29) is 0 Å². The molecule has 0 unspecified atom stereocenters. The molecule has 4 fully saturated rings. The van der Waals surface area contributed by atoms with Crippen LogP contribution < -0.4 is 0 Å². The molecule has 0 radical (unpaired) electrons. The number of alkyl halides is 3. The van der Waals surface area contributed by atoms with Gasteiger partial charge in [-0.1, -0.05) is 6.92 Å². The fraction of sp³-hybridized carbons (Fsp3) is 0.905. The summed E-state index contributed by atoms with van der Waals surface area (Å²) < 4.78 is 37.8. The average molecular weight is 434 g/mol. The zero-order chi connectivity index (χ0) is 22.1. The molecule has 6 nitrogen and oxygen atoms in total. The first kappa shape index (κ1) is 23.3. The number of carbonyl (C=O) groups excluding carboxylic acids is 1. The Hall–Kier alpha value is -1.35. The minimum atomic E-state index is -5.08. The Bertz CT molecular complexity index is 634. The molecule has 1 N–H and O–H groups in total. The van der Waals surface area contributed by atoms with Gasteiger partial charge >= 0.3 is 12.1 Å². The van der Waals surface area contributed by atoms with Gasteiger partial charge < -0.3 is 19.6 Å². The highest BCUT2D eigenvalue weighted by Crippen LogP contribution is 2.45. The van der Waals surface area contributed by atoms with Crippen molar-refractivity contribution in [3.63, 3.8) is 0 Å². The molecule has 2 atom stereocenters. The number of likely N-dealkylation sites (tertiary alicyclic amines) is 2. The average Bonchev–Trinajstić information content (AvgIpc) is 3.27. The number of rotatable bonds is 5. The maximum atomic E-state index is 12.7. The molecule has 172 valence electrons. The van der Waals surface area contributed by atoms with E-state index in [9.17, 15) is 18.0 Å². The lowest BCUT2D eigenvalue weighted by atomic mass is 9.75. The van der Waals surface area contributed by atoms with E-state index < -0.39 is 12.1 Å². The second-order valence-electron chi connectivity index (χ2n) is 9.82. The van der Waals surface area contributed by atoms with Gasteiger partial charge in [0.15, 0.2) is 0 Å². The Morgan fingerprint density at radius 3 is 2.33 bits per heavy atom. The minimum Gasteiger partial charge on any atom is -0.475 e. The summed E-state index contributed by atoms with van der Waals surface area (Å²) in [6.07, 6.45) is 1.02. The predicted octanol–water partition coefficient (Wildman–Crippen LogP) is 2.87. The van der Waals surface area contributed by atoms with Crippen LogP contribution in [0.25, 0.3) is 0 Å². The van der Waals surface area contributed by atoms with Crippen molar-refractivity contribution < 1.29 is 32.6 Å². The van der Waals surface area contributed by atoms with Crippen LogP contribution in [0.3, 0.4) is 0 Å². The molecule has 9 heteroatoms. The number of carbonyl (C=O) groups is 2. The highest BCUT2D eigenvalue weighted by Gasteiger charge is 2.51. The van der Waals surface area contributed by atoms with Crippen molar-refractivity contribution in [2.24, 2.45) is 29.1 Å². The van der Waals surface area contributed by atoms with Crippen molar-refractivity contribution in [1.82, 2.24) is 9.80 Å². The molecule has 0 bridgehead atoms. The summed E-state index contributed by atoms with van der Waals surface area (Å²) in [4.78, 5) is 26.2. The van der Waals surface area contributed by atoms with Gasteiger partial charge in [0.05, 0.1) is 6.61 Å². The first-order chi connectivity index (χ1) is 14.0. The lowest BCUT2D eigenvalue weighted by Crippen LogP contribution is -2.43. The van der Waals surface area contributed by atoms with Crippen LogP contribution in [-0.2, 0) is 14.3 Å². The Balaban J connectivity index is 0.000000318. The number of ether oxygens (including phenoxy) is 1. The van der Waals surface area contributed by atoms with Crippen molar-refractivity contribution in [3.8, 4) is 0 Å². The highest BCUT2D eigenvalue weighted by atomic mass is 19.4.